The highest BCUT2D eigenvalue weighted by molar-refractivity contribution is 7.99. The van der Waals surface area contributed by atoms with Crippen LogP contribution in [-0.4, -0.2) is 31.3 Å². The largest absolute Gasteiger partial charge is 0.493 e. The van der Waals surface area contributed by atoms with Gasteiger partial charge in [0.2, 0.25) is 0 Å². The number of nitrogens with two attached hydrogens (primary N) is 1. The van der Waals surface area contributed by atoms with Gasteiger partial charge in [-0.05, 0) is 56.0 Å². The van der Waals surface area contributed by atoms with Crippen LogP contribution in [0.15, 0.2) is 18.2 Å². The zero-order valence-electron chi connectivity index (χ0n) is 12.3. The first-order valence-electron chi connectivity index (χ1n) is 7.45. The molecule has 1 aromatic carbocycles. The van der Waals surface area contributed by atoms with Gasteiger partial charge < -0.3 is 15.2 Å². The predicted molar refractivity (Wildman–Crippen MR) is 86.0 cm³/mol. The summed E-state index contributed by atoms with van der Waals surface area (Å²) in [6.45, 7) is 0.749. The van der Waals surface area contributed by atoms with Crippen molar-refractivity contribution < 1.29 is 9.47 Å². The minimum Gasteiger partial charge on any atom is -0.493 e. The Labute approximate surface area is 126 Å². The van der Waals surface area contributed by atoms with Gasteiger partial charge >= 0.3 is 0 Å². The second-order valence-corrected chi connectivity index (χ2v) is 6.30. The van der Waals surface area contributed by atoms with E-state index >= 15 is 0 Å². The van der Waals surface area contributed by atoms with Gasteiger partial charge in [-0.1, -0.05) is 12.1 Å². The zero-order valence-corrected chi connectivity index (χ0v) is 13.1. The summed E-state index contributed by atoms with van der Waals surface area (Å²) in [6, 6.07) is 6.17. The van der Waals surface area contributed by atoms with Crippen LogP contribution in [0.3, 0.4) is 0 Å². The summed E-state index contributed by atoms with van der Waals surface area (Å²) in [6.07, 6.45) is 5.86. The van der Waals surface area contributed by atoms with Crippen molar-refractivity contribution in [2.24, 2.45) is 5.73 Å². The molecule has 1 fully saturated rings. The molecule has 1 aromatic rings. The van der Waals surface area contributed by atoms with E-state index in [2.05, 4.69) is 6.07 Å². The molecule has 1 aliphatic heterocycles. The molecule has 1 saturated heterocycles. The molecular weight excluding hydrogens is 270 g/mol. The molecule has 4 heteroatoms. The molecule has 2 N–H and O–H groups in total. The van der Waals surface area contributed by atoms with E-state index in [9.17, 15) is 0 Å². The number of hydrogen-bond acceptors (Lipinski definition) is 4. The van der Waals surface area contributed by atoms with Crippen LogP contribution in [0.25, 0.3) is 0 Å². The lowest BCUT2D eigenvalue weighted by molar-refractivity contribution is 0.200. The minimum atomic E-state index is 0.318. The summed E-state index contributed by atoms with van der Waals surface area (Å²) in [5.74, 6) is 4.14. The van der Waals surface area contributed by atoms with Crippen LogP contribution in [0.5, 0.6) is 11.5 Å². The van der Waals surface area contributed by atoms with Crippen LogP contribution in [0.4, 0.5) is 0 Å². The van der Waals surface area contributed by atoms with Gasteiger partial charge in [-0.15, -0.1) is 0 Å². The number of rotatable bonds is 7. The van der Waals surface area contributed by atoms with Crippen LogP contribution in [-0.2, 0) is 6.42 Å². The third kappa shape index (κ3) is 4.32. The Balaban J connectivity index is 2.09. The van der Waals surface area contributed by atoms with Gasteiger partial charge in [0.25, 0.3) is 0 Å². The Morgan fingerprint density at radius 1 is 1.35 bits per heavy atom. The number of unbranched alkanes of at least 4 members (excludes halogenated alkanes) is 1. The zero-order chi connectivity index (χ0) is 14.2. The summed E-state index contributed by atoms with van der Waals surface area (Å²) < 4.78 is 11.7. The normalized spacial score (nSPS) is 18.8. The summed E-state index contributed by atoms with van der Waals surface area (Å²) in [7, 11) is 1.71. The van der Waals surface area contributed by atoms with E-state index in [1.807, 2.05) is 23.9 Å². The third-order valence-corrected chi connectivity index (χ3v) is 4.77. The molecule has 20 heavy (non-hydrogen) atoms. The molecule has 0 amide bonds. The molecule has 0 saturated carbocycles. The number of thioether (sulfide) groups is 1. The molecule has 1 aliphatic rings. The van der Waals surface area contributed by atoms with Crippen LogP contribution >= 0.6 is 11.8 Å². The summed E-state index contributed by atoms with van der Waals surface area (Å²) in [5, 5.41) is 0. The van der Waals surface area contributed by atoms with E-state index in [1.165, 1.54) is 17.7 Å². The highest BCUT2D eigenvalue weighted by atomic mass is 32.2. The molecule has 112 valence electrons. The highest BCUT2D eigenvalue weighted by Crippen LogP contribution is 2.34. The number of aryl methyl sites for hydroxylation is 1. The van der Waals surface area contributed by atoms with Gasteiger partial charge in [0, 0.05) is 5.75 Å². The van der Waals surface area contributed by atoms with Crippen molar-refractivity contribution in [2.45, 2.75) is 38.2 Å². The van der Waals surface area contributed by atoms with Gasteiger partial charge in [-0.3, -0.25) is 0 Å². The average Bonchev–Trinajstić information content (AvgIpc) is 2.50. The van der Waals surface area contributed by atoms with E-state index in [4.69, 9.17) is 15.2 Å². The third-order valence-electron chi connectivity index (χ3n) is 3.58. The number of ether oxygens (including phenoxy) is 2. The van der Waals surface area contributed by atoms with Crippen molar-refractivity contribution in [1.29, 1.82) is 0 Å². The molecule has 1 atom stereocenters. The lowest BCUT2D eigenvalue weighted by Crippen LogP contribution is -2.24. The van der Waals surface area contributed by atoms with Crippen molar-refractivity contribution >= 4 is 11.8 Å². The number of methoxy groups -OCH3 is 1. The van der Waals surface area contributed by atoms with Crippen LogP contribution < -0.4 is 15.2 Å². The fourth-order valence-corrected chi connectivity index (χ4v) is 3.52. The quantitative estimate of drug-likeness (QED) is 0.784. The average molecular weight is 295 g/mol. The monoisotopic (exact) mass is 295 g/mol. The smallest absolute Gasteiger partial charge is 0.164 e. The second kappa shape index (κ2) is 8.42. The van der Waals surface area contributed by atoms with Gasteiger partial charge in [-0.2, -0.15) is 11.8 Å². The summed E-state index contributed by atoms with van der Waals surface area (Å²) in [4.78, 5) is 0. The van der Waals surface area contributed by atoms with E-state index in [0.29, 0.717) is 6.10 Å². The van der Waals surface area contributed by atoms with Crippen molar-refractivity contribution in [1.82, 2.24) is 0 Å². The molecule has 0 aliphatic carbocycles. The number of benzene rings is 1. The first-order chi connectivity index (χ1) is 9.85. The van der Waals surface area contributed by atoms with Gasteiger partial charge in [-0.25, -0.2) is 0 Å². The molecule has 1 heterocycles. The van der Waals surface area contributed by atoms with Crippen molar-refractivity contribution in [3.05, 3.63) is 23.8 Å². The molecule has 3 nitrogen and oxygen atoms in total. The number of hydrogen-bond donors (Lipinski definition) is 1. The van der Waals surface area contributed by atoms with E-state index in [-0.39, 0.29) is 0 Å². The van der Waals surface area contributed by atoms with Gasteiger partial charge in [0.15, 0.2) is 11.5 Å². The van der Waals surface area contributed by atoms with E-state index in [0.717, 1.165) is 49.5 Å². The Kier molecular flexibility index (Phi) is 6.54. The van der Waals surface area contributed by atoms with Gasteiger partial charge in [0.1, 0.15) is 6.10 Å². The topological polar surface area (TPSA) is 44.5 Å². The maximum absolute atomic E-state index is 6.26. The Bertz CT molecular complexity index is 405. The van der Waals surface area contributed by atoms with E-state index < -0.39 is 0 Å². The highest BCUT2D eigenvalue weighted by Gasteiger charge is 2.19. The SMILES string of the molecule is COc1cccc(CCCCN)c1OC1CCCSC1. The summed E-state index contributed by atoms with van der Waals surface area (Å²) in [5.41, 5.74) is 6.82. The lowest BCUT2D eigenvalue weighted by Gasteiger charge is -2.25. The fraction of sp³-hybridized carbons (Fsp3) is 0.625. The lowest BCUT2D eigenvalue weighted by atomic mass is 10.1. The molecule has 2 rings (SSSR count). The van der Waals surface area contributed by atoms with Crippen LogP contribution in [0.2, 0.25) is 0 Å². The van der Waals surface area contributed by atoms with Crippen molar-refractivity contribution in [3.8, 4) is 11.5 Å². The first kappa shape index (κ1) is 15.5. The Hall–Kier alpha value is -0.870. The molecule has 0 spiro atoms. The fourth-order valence-electron chi connectivity index (χ4n) is 2.48. The first-order valence-corrected chi connectivity index (χ1v) is 8.61. The Morgan fingerprint density at radius 2 is 2.25 bits per heavy atom. The van der Waals surface area contributed by atoms with Crippen LogP contribution in [0.1, 0.15) is 31.2 Å². The summed E-state index contributed by atoms with van der Waals surface area (Å²) >= 11 is 1.98. The second-order valence-electron chi connectivity index (χ2n) is 5.15. The molecule has 0 bridgehead atoms. The molecule has 0 radical (unpaired) electrons. The standard InChI is InChI=1S/C16H25NO2S/c1-18-15-9-4-7-13(6-2-3-10-17)16(15)19-14-8-5-11-20-12-14/h4,7,9,14H,2-3,5-6,8,10-12,17H2,1H3. The maximum atomic E-state index is 6.26. The number of para-hydroxylation sites is 1. The predicted octanol–water partition coefficient (Wildman–Crippen LogP) is 3.25. The van der Waals surface area contributed by atoms with Gasteiger partial charge in [0.05, 0.1) is 7.11 Å². The van der Waals surface area contributed by atoms with Crippen molar-refractivity contribution in [3.63, 3.8) is 0 Å². The molecular formula is C16H25NO2S. The van der Waals surface area contributed by atoms with E-state index in [1.54, 1.807) is 7.11 Å². The van der Waals surface area contributed by atoms with Crippen LogP contribution in [0, 0.1) is 0 Å². The molecule has 0 aromatic heterocycles. The maximum Gasteiger partial charge on any atom is 0.164 e. The minimum absolute atomic E-state index is 0.318. The molecule has 1 unspecified atom stereocenters. The Morgan fingerprint density at radius 3 is 2.95 bits per heavy atom. The van der Waals surface area contributed by atoms with Crippen molar-refractivity contribution in [2.75, 3.05) is 25.2 Å².